The molecule has 2 amide bonds. The summed E-state index contributed by atoms with van der Waals surface area (Å²) in [5, 5.41) is 5.55. The smallest absolute Gasteiger partial charge is 0.338 e. The SMILES string of the molecule is CCOC(=O)C1=C(c2ccc(OC)cc2)NC(=O)N[C@H]1c1ccc(OC)cc1. The zero-order valence-electron chi connectivity index (χ0n) is 15.9. The van der Waals surface area contributed by atoms with Gasteiger partial charge in [-0.3, -0.25) is 0 Å². The van der Waals surface area contributed by atoms with Crippen LogP contribution in [0.15, 0.2) is 54.1 Å². The molecule has 0 spiro atoms. The van der Waals surface area contributed by atoms with Gasteiger partial charge in [0.05, 0.1) is 38.1 Å². The minimum atomic E-state index is -0.657. The number of carbonyl (C=O) groups excluding carboxylic acids is 2. The van der Waals surface area contributed by atoms with Crippen molar-refractivity contribution in [2.75, 3.05) is 20.8 Å². The third kappa shape index (κ3) is 3.93. The van der Waals surface area contributed by atoms with Crippen LogP contribution in [0.2, 0.25) is 0 Å². The molecule has 1 heterocycles. The predicted octanol–water partition coefficient (Wildman–Crippen LogP) is 3.03. The van der Waals surface area contributed by atoms with Gasteiger partial charge in [-0.1, -0.05) is 12.1 Å². The van der Waals surface area contributed by atoms with E-state index in [9.17, 15) is 9.59 Å². The summed E-state index contributed by atoms with van der Waals surface area (Å²) in [5.41, 5.74) is 2.16. The molecule has 2 aromatic carbocycles. The van der Waals surface area contributed by atoms with Gasteiger partial charge < -0.3 is 24.8 Å². The number of carbonyl (C=O) groups is 2. The second kappa shape index (κ2) is 8.47. The molecule has 7 nitrogen and oxygen atoms in total. The van der Waals surface area contributed by atoms with E-state index in [2.05, 4.69) is 10.6 Å². The van der Waals surface area contributed by atoms with Crippen LogP contribution in [0.5, 0.6) is 11.5 Å². The topological polar surface area (TPSA) is 85.9 Å². The lowest BCUT2D eigenvalue weighted by atomic mass is 9.92. The van der Waals surface area contributed by atoms with E-state index in [1.54, 1.807) is 69.7 Å². The molecular formula is C21H22N2O5. The van der Waals surface area contributed by atoms with E-state index in [1.807, 2.05) is 0 Å². The fourth-order valence-corrected chi connectivity index (χ4v) is 3.03. The van der Waals surface area contributed by atoms with Crippen molar-refractivity contribution < 1.29 is 23.8 Å². The van der Waals surface area contributed by atoms with Gasteiger partial charge in [0, 0.05) is 0 Å². The van der Waals surface area contributed by atoms with Gasteiger partial charge in [-0.05, 0) is 54.4 Å². The molecule has 7 heteroatoms. The van der Waals surface area contributed by atoms with Gasteiger partial charge in [0.15, 0.2) is 0 Å². The molecule has 2 aromatic rings. The number of rotatable bonds is 6. The van der Waals surface area contributed by atoms with Crippen LogP contribution in [0, 0.1) is 0 Å². The maximum absolute atomic E-state index is 12.8. The van der Waals surface area contributed by atoms with E-state index in [0.29, 0.717) is 28.3 Å². The number of amides is 2. The van der Waals surface area contributed by atoms with Crippen LogP contribution in [0.25, 0.3) is 5.70 Å². The predicted molar refractivity (Wildman–Crippen MR) is 104 cm³/mol. The molecule has 1 aliphatic heterocycles. The van der Waals surface area contributed by atoms with E-state index < -0.39 is 18.0 Å². The highest BCUT2D eigenvalue weighted by molar-refractivity contribution is 6.04. The fourth-order valence-electron chi connectivity index (χ4n) is 3.03. The summed E-state index contributed by atoms with van der Waals surface area (Å²) in [4.78, 5) is 25.1. The molecule has 146 valence electrons. The van der Waals surface area contributed by atoms with Crippen molar-refractivity contribution in [3.63, 3.8) is 0 Å². The molecule has 0 saturated carbocycles. The highest BCUT2D eigenvalue weighted by atomic mass is 16.5. The first-order valence-corrected chi connectivity index (χ1v) is 8.84. The number of hydrogen-bond acceptors (Lipinski definition) is 5. The summed E-state index contributed by atoms with van der Waals surface area (Å²) in [7, 11) is 3.15. The average molecular weight is 382 g/mol. The van der Waals surface area contributed by atoms with Crippen molar-refractivity contribution >= 4 is 17.7 Å². The van der Waals surface area contributed by atoms with Gasteiger partial charge in [-0.2, -0.15) is 0 Å². The van der Waals surface area contributed by atoms with Gasteiger partial charge in [-0.15, -0.1) is 0 Å². The van der Waals surface area contributed by atoms with E-state index in [-0.39, 0.29) is 6.61 Å². The summed E-state index contributed by atoms with van der Waals surface area (Å²) in [5.74, 6) is 0.858. The number of methoxy groups -OCH3 is 2. The van der Waals surface area contributed by atoms with E-state index in [4.69, 9.17) is 14.2 Å². The van der Waals surface area contributed by atoms with E-state index >= 15 is 0 Å². The fraction of sp³-hybridized carbons (Fsp3) is 0.238. The number of esters is 1. The van der Waals surface area contributed by atoms with Crippen molar-refractivity contribution in [1.29, 1.82) is 0 Å². The summed E-state index contributed by atoms with van der Waals surface area (Å²) in [6.45, 7) is 1.96. The van der Waals surface area contributed by atoms with Crippen molar-refractivity contribution in [1.82, 2.24) is 10.6 Å². The molecule has 0 fully saturated rings. The first-order valence-electron chi connectivity index (χ1n) is 8.84. The van der Waals surface area contributed by atoms with Crippen LogP contribution in [0.1, 0.15) is 24.1 Å². The summed E-state index contributed by atoms with van der Waals surface area (Å²) in [6, 6.07) is 13.2. The lowest BCUT2D eigenvalue weighted by Crippen LogP contribution is -2.45. The van der Waals surface area contributed by atoms with Crippen LogP contribution in [0.3, 0.4) is 0 Å². The van der Waals surface area contributed by atoms with Crippen molar-refractivity contribution in [2.24, 2.45) is 0 Å². The molecule has 1 aliphatic rings. The molecular weight excluding hydrogens is 360 g/mol. The van der Waals surface area contributed by atoms with Crippen LogP contribution < -0.4 is 20.1 Å². The molecule has 0 saturated heterocycles. The third-order valence-electron chi connectivity index (χ3n) is 4.40. The Balaban J connectivity index is 2.12. The lowest BCUT2D eigenvalue weighted by molar-refractivity contribution is -0.138. The number of hydrogen-bond donors (Lipinski definition) is 2. The van der Waals surface area contributed by atoms with Crippen LogP contribution in [-0.2, 0) is 9.53 Å². The Morgan fingerprint density at radius 3 is 2.07 bits per heavy atom. The van der Waals surface area contributed by atoms with Crippen molar-refractivity contribution in [3.05, 3.63) is 65.2 Å². The summed E-state index contributed by atoms with van der Waals surface area (Å²) < 4.78 is 15.6. The molecule has 0 bridgehead atoms. The molecule has 28 heavy (non-hydrogen) atoms. The molecule has 0 aromatic heterocycles. The number of urea groups is 1. The van der Waals surface area contributed by atoms with Crippen molar-refractivity contribution in [2.45, 2.75) is 13.0 Å². The zero-order chi connectivity index (χ0) is 20.1. The maximum atomic E-state index is 12.8. The first kappa shape index (κ1) is 19.3. The monoisotopic (exact) mass is 382 g/mol. The number of nitrogens with one attached hydrogen (secondary N) is 2. The molecule has 0 aliphatic carbocycles. The molecule has 2 N–H and O–H groups in total. The Morgan fingerprint density at radius 2 is 1.54 bits per heavy atom. The van der Waals surface area contributed by atoms with Crippen molar-refractivity contribution in [3.8, 4) is 11.5 Å². The molecule has 1 atom stereocenters. The van der Waals surface area contributed by atoms with Crippen LogP contribution in [0.4, 0.5) is 4.79 Å². The largest absolute Gasteiger partial charge is 0.497 e. The number of ether oxygens (including phenoxy) is 3. The van der Waals surface area contributed by atoms with Gasteiger partial charge in [0.2, 0.25) is 0 Å². The Bertz CT molecular complexity index is 888. The zero-order valence-corrected chi connectivity index (χ0v) is 15.9. The van der Waals surface area contributed by atoms with E-state index in [0.717, 1.165) is 5.56 Å². The third-order valence-corrected chi connectivity index (χ3v) is 4.40. The summed E-state index contributed by atoms with van der Waals surface area (Å²) in [6.07, 6.45) is 0. The molecule has 3 rings (SSSR count). The van der Waals surface area contributed by atoms with Gasteiger partial charge in [-0.25, -0.2) is 9.59 Å². The molecule has 0 unspecified atom stereocenters. The van der Waals surface area contributed by atoms with Gasteiger partial charge in [0.1, 0.15) is 11.5 Å². The Labute approximate surface area is 163 Å². The highest BCUT2D eigenvalue weighted by Gasteiger charge is 2.34. The van der Waals surface area contributed by atoms with Crippen LogP contribution >= 0.6 is 0 Å². The second-order valence-electron chi connectivity index (χ2n) is 6.04. The van der Waals surface area contributed by atoms with Gasteiger partial charge in [0.25, 0.3) is 0 Å². The van der Waals surface area contributed by atoms with Crippen LogP contribution in [-0.4, -0.2) is 32.8 Å². The Morgan fingerprint density at radius 1 is 0.964 bits per heavy atom. The quantitative estimate of drug-likeness (QED) is 0.750. The lowest BCUT2D eigenvalue weighted by Gasteiger charge is -2.29. The standard InChI is InChI=1S/C21H22N2O5/c1-4-28-20(24)17-18(13-5-9-15(26-2)10-6-13)22-21(25)23-19(17)14-7-11-16(27-3)12-8-14/h5-12,18H,4H2,1-3H3,(H2,22,23,25)/t18-/m0/s1. The minimum Gasteiger partial charge on any atom is -0.497 e. The molecule has 0 radical (unpaired) electrons. The van der Waals surface area contributed by atoms with E-state index in [1.165, 1.54) is 0 Å². The maximum Gasteiger partial charge on any atom is 0.338 e. The number of benzene rings is 2. The average Bonchev–Trinajstić information content (AvgIpc) is 2.73. The summed E-state index contributed by atoms with van der Waals surface area (Å²) >= 11 is 0. The first-order chi connectivity index (χ1) is 13.6. The normalized spacial score (nSPS) is 16.1. The Hall–Kier alpha value is -3.48. The second-order valence-corrected chi connectivity index (χ2v) is 6.04. The minimum absolute atomic E-state index is 0.224. The highest BCUT2D eigenvalue weighted by Crippen LogP contribution is 2.33. The van der Waals surface area contributed by atoms with Gasteiger partial charge >= 0.3 is 12.0 Å². The Kier molecular flexibility index (Phi) is 5.84.